The molecule has 0 radical (unpaired) electrons. The number of hydrogen-bond acceptors (Lipinski definition) is 3. The largest absolute Gasteiger partial charge is 0.383 e. The Labute approximate surface area is 94.2 Å². The van der Waals surface area contributed by atoms with Crippen molar-refractivity contribution in [3.8, 4) is 0 Å². The van der Waals surface area contributed by atoms with E-state index in [4.69, 9.17) is 4.74 Å². The van der Waals surface area contributed by atoms with Gasteiger partial charge in [-0.25, -0.2) is 0 Å². The standard InChI is InChI=1S/C12H26N2O/c1-12(11-13-7-10-15-2)14-8-5-3-4-6-9-14/h12-13H,3-11H2,1-2H3. The highest BCUT2D eigenvalue weighted by molar-refractivity contribution is 4.72. The molecule has 0 amide bonds. The summed E-state index contributed by atoms with van der Waals surface area (Å²) in [6.45, 7) is 7.76. The molecule has 1 heterocycles. The zero-order valence-electron chi connectivity index (χ0n) is 10.3. The van der Waals surface area contributed by atoms with Crippen LogP contribution in [0.15, 0.2) is 0 Å². The van der Waals surface area contributed by atoms with Gasteiger partial charge in [0.1, 0.15) is 0 Å². The second kappa shape index (κ2) is 8.08. The minimum Gasteiger partial charge on any atom is -0.383 e. The highest BCUT2D eigenvalue weighted by Crippen LogP contribution is 2.11. The van der Waals surface area contributed by atoms with Gasteiger partial charge in [0.25, 0.3) is 0 Å². The van der Waals surface area contributed by atoms with Gasteiger partial charge in [-0.3, -0.25) is 4.90 Å². The molecule has 1 fully saturated rings. The van der Waals surface area contributed by atoms with Crippen molar-refractivity contribution in [2.75, 3.05) is 39.9 Å². The van der Waals surface area contributed by atoms with Crippen molar-refractivity contribution in [2.24, 2.45) is 0 Å². The lowest BCUT2D eigenvalue weighted by Gasteiger charge is -2.27. The van der Waals surface area contributed by atoms with E-state index in [2.05, 4.69) is 17.1 Å². The van der Waals surface area contributed by atoms with Crippen LogP contribution in [0, 0.1) is 0 Å². The Bertz CT molecular complexity index is 145. The van der Waals surface area contributed by atoms with Crippen molar-refractivity contribution in [1.29, 1.82) is 0 Å². The maximum Gasteiger partial charge on any atom is 0.0587 e. The lowest BCUT2D eigenvalue weighted by molar-refractivity contribution is 0.185. The lowest BCUT2D eigenvalue weighted by atomic mass is 10.2. The van der Waals surface area contributed by atoms with Gasteiger partial charge in [-0.1, -0.05) is 12.8 Å². The molecule has 15 heavy (non-hydrogen) atoms. The van der Waals surface area contributed by atoms with Gasteiger partial charge in [-0.15, -0.1) is 0 Å². The zero-order chi connectivity index (χ0) is 10.9. The minimum absolute atomic E-state index is 0.667. The summed E-state index contributed by atoms with van der Waals surface area (Å²) in [5.41, 5.74) is 0. The average molecular weight is 214 g/mol. The molecule has 0 aromatic carbocycles. The molecule has 0 saturated carbocycles. The highest BCUT2D eigenvalue weighted by Gasteiger charge is 2.14. The first-order valence-corrected chi connectivity index (χ1v) is 6.28. The van der Waals surface area contributed by atoms with E-state index in [0.29, 0.717) is 6.04 Å². The van der Waals surface area contributed by atoms with Crippen LogP contribution in [0.2, 0.25) is 0 Å². The molecule has 1 N–H and O–H groups in total. The van der Waals surface area contributed by atoms with E-state index >= 15 is 0 Å². The summed E-state index contributed by atoms with van der Waals surface area (Å²) in [5.74, 6) is 0. The summed E-state index contributed by atoms with van der Waals surface area (Å²) in [4.78, 5) is 2.62. The topological polar surface area (TPSA) is 24.5 Å². The Morgan fingerprint density at radius 3 is 2.47 bits per heavy atom. The first kappa shape index (κ1) is 12.9. The third-order valence-electron chi connectivity index (χ3n) is 3.19. The number of likely N-dealkylation sites (tertiary alicyclic amines) is 1. The Morgan fingerprint density at radius 1 is 1.20 bits per heavy atom. The van der Waals surface area contributed by atoms with Crippen molar-refractivity contribution in [2.45, 2.75) is 38.6 Å². The van der Waals surface area contributed by atoms with Crippen LogP contribution in [0.1, 0.15) is 32.6 Å². The molecule has 0 aromatic heterocycles. The average Bonchev–Trinajstić information content (AvgIpc) is 2.52. The van der Waals surface area contributed by atoms with E-state index in [1.807, 2.05) is 0 Å². The normalized spacial score (nSPS) is 21.2. The van der Waals surface area contributed by atoms with E-state index < -0.39 is 0 Å². The summed E-state index contributed by atoms with van der Waals surface area (Å²) < 4.78 is 5.01. The lowest BCUT2D eigenvalue weighted by Crippen LogP contribution is -2.41. The van der Waals surface area contributed by atoms with Crippen LogP contribution in [0.25, 0.3) is 0 Å². The zero-order valence-corrected chi connectivity index (χ0v) is 10.3. The number of hydrogen-bond donors (Lipinski definition) is 1. The molecule has 0 spiro atoms. The Balaban J connectivity index is 2.11. The fraction of sp³-hybridized carbons (Fsp3) is 1.00. The molecule has 1 aliphatic rings. The molecular formula is C12H26N2O. The van der Waals surface area contributed by atoms with Gasteiger partial charge in [0.05, 0.1) is 6.61 Å². The maximum atomic E-state index is 5.01. The SMILES string of the molecule is COCCNCC(C)N1CCCCCC1. The first-order valence-electron chi connectivity index (χ1n) is 6.28. The monoisotopic (exact) mass is 214 g/mol. The van der Waals surface area contributed by atoms with Crippen LogP contribution in [0.4, 0.5) is 0 Å². The summed E-state index contributed by atoms with van der Waals surface area (Å²) in [7, 11) is 1.75. The predicted octanol–water partition coefficient (Wildman–Crippen LogP) is 1.49. The smallest absolute Gasteiger partial charge is 0.0587 e. The molecule has 1 aliphatic heterocycles. The molecule has 1 atom stereocenters. The Morgan fingerprint density at radius 2 is 1.87 bits per heavy atom. The molecular weight excluding hydrogens is 188 g/mol. The van der Waals surface area contributed by atoms with Crippen molar-refractivity contribution in [3.05, 3.63) is 0 Å². The number of ether oxygens (including phenoxy) is 1. The van der Waals surface area contributed by atoms with Crippen molar-refractivity contribution < 1.29 is 4.74 Å². The summed E-state index contributed by atoms with van der Waals surface area (Å²) in [5, 5.41) is 3.44. The van der Waals surface area contributed by atoms with Gasteiger partial charge in [-0.05, 0) is 32.9 Å². The molecule has 1 unspecified atom stereocenters. The van der Waals surface area contributed by atoms with Gasteiger partial charge in [0.2, 0.25) is 0 Å². The molecule has 0 aromatic rings. The second-order valence-electron chi connectivity index (χ2n) is 4.50. The van der Waals surface area contributed by atoms with Crippen LogP contribution in [-0.2, 0) is 4.74 Å². The third-order valence-corrected chi connectivity index (χ3v) is 3.19. The molecule has 0 bridgehead atoms. The summed E-state index contributed by atoms with van der Waals surface area (Å²) >= 11 is 0. The fourth-order valence-corrected chi connectivity index (χ4v) is 2.15. The van der Waals surface area contributed by atoms with Gasteiger partial charge in [0.15, 0.2) is 0 Å². The Hall–Kier alpha value is -0.120. The highest BCUT2D eigenvalue weighted by atomic mass is 16.5. The Kier molecular flexibility index (Phi) is 6.98. The van der Waals surface area contributed by atoms with Gasteiger partial charge >= 0.3 is 0 Å². The van der Waals surface area contributed by atoms with Crippen LogP contribution < -0.4 is 5.32 Å². The van der Waals surface area contributed by atoms with Crippen LogP contribution in [0.3, 0.4) is 0 Å². The van der Waals surface area contributed by atoms with E-state index in [9.17, 15) is 0 Å². The third kappa shape index (κ3) is 5.50. The van der Waals surface area contributed by atoms with Crippen LogP contribution >= 0.6 is 0 Å². The van der Waals surface area contributed by atoms with E-state index in [1.54, 1.807) is 7.11 Å². The summed E-state index contributed by atoms with van der Waals surface area (Å²) in [6.07, 6.45) is 5.59. The van der Waals surface area contributed by atoms with E-state index in [0.717, 1.165) is 19.7 Å². The number of nitrogens with zero attached hydrogens (tertiary/aromatic N) is 1. The van der Waals surface area contributed by atoms with Crippen LogP contribution in [-0.4, -0.2) is 50.8 Å². The molecule has 3 heteroatoms. The molecule has 3 nitrogen and oxygen atoms in total. The quantitative estimate of drug-likeness (QED) is 0.678. The van der Waals surface area contributed by atoms with Crippen molar-refractivity contribution >= 4 is 0 Å². The number of methoxy groups -OCH3 is 1. The van der Waals surface area contributed by atoms with E-state index in [-0.39, 0.29) is 0 Å². The molecule has 1 saturated heterocycles. The number of rotatable bonds is 6. The predicted molar refractivity (Wildman–Crippen MR) is 64.2 cm³/mol. The fourth-order valence-electron chi connectivity index (χ4n) is 2.15. The van der Waals surface area contributed by atoms with E-state index in [1.165, 1.54) is 38.8 Å². The van der Waals surface area contributed by atoms with Gasteiger partial charge in [-0.2, -0.15) is 0 Å². The van der Waals surface area contributed by atoms with Crippen LogP contribution in [0.5, 0.6) is 0 Å². The number of nitrogens with one attached hydrogen (secondary N) is 1. The second-order valence-corrected chi connectivity index (χ2v) is 4.50. The molecule has 90 valence electrons. The molecule has 0 aliphatic carbocycles. The van der Waals surface area contributed by atoms with Crippen molar-refractivity contribution in [3.63, 3.8) is 0 Å². The van der Waals surface area contributed by atoms with Gasteiger partial charge in [0, 0.05) is 26.2 Å². The summed E-state index contributed by atoms with van der Waals surface area (Å²) in [6, 6.07) is 0.667. The van der Waals surface area contributed by atoms with Gasteiger partial charge < -0.3 is 10.1 Å². The minimum atomic E-state index is 0.667. The molecule has 1 rings (SSSR count). The first-order chi connectivity index (χ1) is 7.34. The van der Waals surface area contributed by atoms with Crippen molar-refractivity contribution in [1.82, 2.24) is 10.2 Å². The maximum absolute atomic E-state index is 5.01.